The topological polar surface area (TPSA) is 93.6 Å². The molecule has 2 aromatic rings. The van der Waals surface area contributed by atoms with Gasteiger partial charge in [0.15, 0.2) is 11.5 Å². The lowest BCUT2D eigenvalue weighted by molar-refractivity contribution is 0.0689. The zero-order valence-corrected chi connectivity index (χ0v) is 12.4. The Morgan fingerprint density at radius 3 is 2.73 bits per heavy atom. The Kier molecular flexibility index (Phi) is 5.13. The van der Waals surface area contributed by atoms with Gasteiger partial charge in [-0.25, -0.2) is 14.8 Å². The Hall–Kier alpha value is -2.83. The first-order valence-electron chi connectivity index (χ1n) is 6.74. The van der Waals surface area contributed by atoms with Crippen molar-refractivity contribution in [3.8, 4) is 11.5 Å². The number of hydrogen-bond donors (Lipinski definition) is 2. The van der Waals surface area contributed by atoms with Gasteiger partial charge in [-0.2, -0.15) is 0 Å². The van der Waals surface area contributed by atoms with Crippen LogP contribution in [0.25, 0.3) is 0 Å². The largest absolute Gasteiger partial charge is 0.497 e. The molecule has 1 aromatic heterocycles. The molecule has 0 saturated heterocycles. The number of carbonyl (C=O) groups is 1. The number of methoxy groups -OCH3 is 1. The molecule has 22 heavy (non-hydrogen) atoms. The fourth-order valence-corrected chi connectivity index (χ4v) is 1.78. The minimum Gasteiger partial charge on any atom is -0.497 e. The number of aromatic nitrogens is 2. The fourth-order valence-electron chi connectivity index (χ4n) is 1.78. The van der Waals surface area contributed by atoms with E-state index < -0.39 is 5.97 Å². The van der Waals surface area contributed by atoms with Crippen LogP contribution in [0.4, 0.5) is 5.82 Å². The summed E-state index contributed by atoms with van der Waals surface area (Å²) >= 11 is 0. The molecular weight excluding hydrogens is 286 g/mol. The monoisotopic (exact) mass is 303 g/mol. The summed E-state index contributed by atoms with van der Waals surface area (Å²) in [5.41, 5.74) is -0.0739. The predicted molar refractivity (Wildman–Crippen MR) is 80.5 cm³/mol. The summed E-state index contributed by atoms with van der Waals surface area (Å²) in [5, 5.41) is 12.0. The molecule has 0 amide bonds. The van der Waals surface area contributed by atoms with E-state index in [0.29, 0.717) is 29.7 Å². The number of nitrogens with zero attached hydrogens (tertiary/aromatic N) is 2. The van der Waals surface area contributed by atoms with Gasteiger partial charge in [0, 0.05) is 18.7 Å². The molecule has 0 fully saturated rings. The number of benzene rings is 1. The highest BCUT2D eigenvalue weighted by atomic mass is 16.5. The highest BCUT2D eigenvalue weighted by molar-refractivity contribution is 5.86. The first-order valence-corrected chi connectivity index (χ1v) is 6.74. The molecule has 0 unspecified atom stereocenters. The van der Waals surface area contributed by atoms with Gasteiger partial charge in [-0.3, -0.25) is 0 Å². The van der Waals surface area contributed by atoms with Crippen LogP contribution in [-0.2, 0) is 6.61 Å². The van der Waals surface area contributed by atoms with Gasteiger partial charge < -0.3 is 19.9 Å². The highest BCUT2D eigenvalue weighted by Gasteiger charge is 2.11. The van der Waals surface area contributed by atoms with Gasteiger partial charge in [0.2, 0.25) is 0 Å². The molecule has 0 aliphatic carbocycles. The standard InChI is InChI=1S/C15H17N3O4/c1-3-16-13-8-12(15(19)20)17-14(18-13)9-22-11-6-4-5-10(7-11)21-2/h4-8H,3,9H2,1-2H3,(H,19,20)(H,16,17,18). The maximum absolute atomic E-state index is 11.1. The zero-order valence-electron chi connectivity index (χ0n) is 12.4. The zero-order chi connectivity index (χ0) is 15.9. The molecule has 7 heteroatoms. The summed E-state index contributed by atoms with van der Waals surface area (Å²) in [4.78, 5) is 19.3. The smallest absolute Gasteiger partial charge is 0.354 e. The molecule has 116 valence electrons. The summed E-state index contributed by atoms with van der Waals surface area (Å²) in [5.74, 6) is 0.904. The van der Waals surface area contributed by atoms with Crippen molar-refractivity contribution in [3.05, 3.63) is 41.9 Å². The SMILES string of the molecule is CCNc1cc(C(=O)O)nc(COc2cccc(OC)c2)n1. The number of anilines is 1. The van der Waals surface area contributed by atoms with Crippen LogP contribution >= 0.6 is 0 Å². The molecule has 0 radical (unpaired) electrons. The van der Waals surface area contributed by atoms with Crippen LogP contribution < -0.4 is 14.8 Å². The van der Waals surface area contributed by atoms with Crippen LogP contribution in [-0.4, -0.2) is 34.7 Å². The van der Waals surface area contributed by atoms with Crippen LogP contribution in [0.15, 0.2) is 30.3 Å². The second-order valence-electron chi connectivity index (χ2n) is 4.36. The minimum absolute atomic E-state index is 0.0622. The summed E-state index contributed by atoms with van der Waals surface area (Å²) in [6.45, 7) is 2.59. The molecule has 0 aliphatic heterocycles. The third-order valence-electron chi connectivity index (χ3n) is 2.76. The average Bonchev–Trinajstić information content (AvgIpc) is 2.53. The first-order chi connectivity index (χ1) is 10.6. The van der Waals surface area contributed by atoms with Crippen molar-refractivity contribution in [3.63, 3.8) is 0 Å². The van der Waals surface area contributed by atoms with E-state index in [-0.39, 0.29) is 12.3 Å². The number of carboxylic acid groups (broad SMARTS) is 1. The van der Waals surface area contributed by atoms with Crippen molar-refractivity contribution >= 4 is 11.8 Å². The Balaban J connectivity index is 2.15. The summed E-state index contributed by atoms with van der Waals surface area (Å²) < 4.78 is 10.7. The maximum atomic E-state index is 11.1. The van der Waals surface area contributed by atoms with Crippen LogP contribution in [0.3, 0.4) is 0 Å². The van der Waals surface area contributed by atoms with E-state index in [1.54, 1.807) is 31.4 Å². The van der Waals surface area contributed by atoms with Gasteiger partial charge in [-0.05, 0) is 19.1 Å². The first kappa shape index (κ1) is 15.6. The van der Waals surface area contributed by atoms with Crippen molar-refractivity contribution in [2.24, 2.45) is 0 Å². The Morgan fingerprint density at radius 2 is 2.05 bits per heavy atom. The average molecular weight is 303 g/mol. The summed E-state index contributed by atoms with van der Waals surface area (Å²) in [6, 6.07) is 8.49. The fraction of sp³-hybridized carbons (Fsp3) is 0.267. The van der Waals surface area contributed by atoms with Crippen LogP contribution in [0, 0.1) is 0 Å². The summed E-state index contributed by atoms with van der Waals surface area (Å²) in [7, 11) is 1.57. The number of ether oxygens (including phenoxy) is 2. The van der Waals surface area contributed by atoms with Gasteiger partial charge in [0.1, 0.15) is 23.9 Å². The van der Waals surface area contributed by atoms with Crippen LogP contribution in [0.5, 0.6) is 11.5 Å². The van der Waals surface area contributed by atoms with Crippen LogP contribution in [0.1, 0.15) is 23.2 Å². The Morgan fingerprint density at radius 1 is 1.27 bits per heavy atom. The normalized spacial score (nSPS) is 10.1. The highest BCUT2D eigenvalue weighted by Crippen LogP contribution is 2.19. The molecule has 0 saturated carbocycles. The number of hydrogen-bond acceptors (Lipinski definition) is 6. The van der Waals surface area contributed by atoms with E-state index in [1.165, 1.54) is 6.07 Å². The predicted octanol–water partition coefficient (Wildman–Crippen LogP) is 2.19. The van der Waals surface area contributed by atoms with Crippen molar-refractivity contribution < 1.29 is 19.4 Å². The van der Waals surface area contributed by atoms with Crippen molar-refractivity contribution in [2.75, 3.05) is 19.0 Å². The molecule has 0 bridgehead atoms. The van der Waals surface area contributed by atoms with E-state index in [9.17, 15) is 4.79 Å². The molecule has 0 spiro atoms. The quantitative estimate of drug-likeness (QED) is 0.809. The second-order valence-corrected chi connectivity index (χ2v) is 4.36. The Bertz CT molecular complexity index is 661. The van der Waals surface area contributed by atoms with Gasteiger partial charge >= 0.3 is 5.97 Å². The summed E-state index contributed by atoms with van der Waals surface area (Å²) in [6.07, 6.45) is 0. The number of rotatable bonds is 7. The molecular formula is C15H17N3O4. The lowest BCUT2D eigenvalue weighted by Gasteiger charge is -2.09. The van der Waals surface area contributed by atoms with Gasteiger partial charge in [0.25, 0.3) is 0 Å². The van der Waals surface area contributed by atoms with Gasteiger partial charge in [0.05, 0.1) is 7.11 Å². The molecule has 0 aliphatic rings. The number of aromatic carboxylic acids is 1. The second kappa shape index (κ2) is 7.26. The number of carboxylic acids is 1. The molecule has 1 heterocycles. The van der Waals surface area contributed by atoms with Gasteiger partial charge in [-0.15, -0.1) is 0 Å². The molecule has 2 N–H and O–H groups in total. The van der Waals surface area contributed by atoms with E-state index in [1.807, 2.05) is 6.92 Å². The van der Waals surface area contributed by atoms with E-state index >= 15 is 0 Å². The lowest BCUT2D eigenvalue weighted by atomic mass is 10.3. The van der Waals surface area contributed by atoms with Crippen LogP contribution in [0.2, 0.25) is 0 Å². The molecule has 2 rings (SSSR count). The molecule has 1 aromatic carbocycles. The minimum atomic E-state index is -1.11. The third kappa shape index (κ3) is 4.08. The van der Waals surface area contributed by atoms with E-state index in [4.69, 9.17) is 14.6 Å². The lowest BCUT2D eigenvalue weighted by Crippen LogP contribution is -2.11. The molecule has 0 atom stereocenters. The molecule has 7 nitrogen and oxygen atoms in total. The maximum Gasteiger partial charge on any atom is 0.354 e. The third-order valence-corrected chi connectivity index (χ3v) is 2.76. The van der Waals surface area contributed by atoms with Crippen molar-refractivity contribution in [1.82, 2.24) is 9.97 Å². The van der Waals surface area contributed by atoms with E-state index in [0.717, 1.165) is 0 Å². The van der Waals surface area contributed by atoms with Crippen molar-refractivity contribution in [2.45, 2.75) is 13.5 Å². The van der Waals surface area contributed by atoms with Crippen molar-refractivity contribution in [1.29, 1.82) is 0 Å². The Labute approximate surface area is 127 Å². The number of nitrogens with one attached hydrogen (secondary N) is 1. The van der Waals surface area contributed by atoms with E-state index in [2.05, 4.69) is 15.3 Å². The van der Waals surface area contributed by atoms with Gasteiger partial charge in [-0.1, -0.05) is 6.07 Å².